The van der Waals surface area contributed by atoms with Gasteiger partial charge in [0.2, 0.25) is 0 Å². The second-order valence-corrected chi connectivity index (χ2v) is 6.41. The summed E-state index contributed by atoms with van der Waals surface area (Å²) in [6, 6.07) is 0.998. The highest BCUT2D eigenvalue weighted by molar-refractivity contribution is 4.88. The molecule has 2 fully saturated rings. The maximum atomic E-state index is 9.39. The Morgan fingerprint density at radius 1 is 1.00 bits per heavy atom. The van der Waals surface area contributed by atoms with E-state index in [1.807, 2.05) is 0 Å². The van der Waals surface area contributed by atoms with Gasteiger partial charge in [-0.05, 0) is 31.1 Å². The lowest BCUT2D eigenvalue weighted by Gasteiger charge is -2.40. The van der Waals surface area contributed by atoms with Crippen molar-refractivity contribution < 1.29 is 5.11 Å². The molecule has 0 amide bonds. The molecule has 2 rings (SSSR count). The lowest BCUT2D eigenvalue weighted by Crippen LogP contribution is -2.48. The first-order valence-electron chi connectivity index (χ1n) is 8.22. The maximum absolute atomic E-state index is 9.39. The lowest BCUT2D eigenvalue weighted by atomic mass is 9.71. The smallest absolute Gasteiger partial charge is 0.0584 e. The molecule has 0 aromatic carbocycles. The van der Waals surface area contributed by atoms with Crippen LogP contribution < -0.4 is 5.32 Å². The van der Waals surface area contributed by atoms with Crippen molar-refractivity contribution in [2.24, 2.45) is 11.8 Å². The summed E-state index contributed by atoms with van der Waals surface area (Å²) in [5, 5.41) is 13.1. The second-order valence-electron chi connectivity index (χ2n) is 6.41. The van der Waals surface area contributed by atoms with Crippen LogP contribution in [0.3, 0.4) is 0 Å². The van der Waals surface area contributed by atoms with Crippen LogP contribution in [0.25, 0.3) is 0 Å². The van der Waals surface area contributed by atoms with Gasteiger partial charge in [0.1, 0.15) is 0 Å². The lowest BCUT2D eigenvalue weighted by molar-refractivity contribution is 0.127. The molecule has 18 heavy (non-hydrogen) atoms. The van der Waals surface area contributed by atoms with Gasteiger partial charge in [-0.3, -0.25) is 0 Å². The van der Waals surface area contributed by atoms with E-state index >= 15 is 0 Å². The van der Waals surface area contributed by atoms with Crippen LogP contribution in [-0.4, -0.2) is 23.8 Å². The molecule has 2 nitrogen and oxygen atoms in total. The van der Waals surface area contributed by atoms with Crippen LogP contribution in [0.4, 0.5) is 0 Å². The van der Waals surface area contributed by atoms with Crippen molar-refractivity contribution in [2.45, 2.75) is 83.2 Å². The predicted octanol–water partition coefficient (Wildman–Crippen LogP) is 3.49. The number of hydrogen-bond donors (Lipinski definition) is 2. The summed E-state index contributed by atoms with van der Waals surface area (Å²) in [6.07, 6.45) is 13.9. The molecule has 2 heteroatoms. The maximum Gasteiger partial charge on any atom is 0.0584 e. The summed E-state index contributed by atoms with van der Waals surface area (Å²) in [4.78, 5) is 0. The summed E-state index contributed by atoms with van der Waals surface area (Å²) in [6.45, 7) is 2.47. The summed E-state index contributed by atoms with van der Waals surface area (Å²) in [7, 11) is 0. The molecule has 0 bridgehead atoms. The first-order valence-corrected chi connectivity index (χ1v) is 8.22. The number of nitrogens with one attached hydrogen (secondary N) is 1. The minimum atomic E-state index is 0.296. The average Bonchev–Trinajstić information content (AvgIpc) is 2.46. The number of aliphatic hydroxyl groups is 1. The summed E-state index contributed by atoms with van der Waals surface area (Å²) in [5.74, 6) is 1.85. The van der Waals surface area contributed by atoms with E-state index in [0.29, 0.717) is 18.7 Å². The van der Waals surface area contributed by atoms with Crippen molar-refractivity contribution in [1.82, 2.24) is 5.32 Å². The summed E-state index contributed by atoms with van der Waals surface area (Å²) >= 11 is 0. The third kappa shape index (κ3) is 3.71. The molecule has 0 radical (unpaired) electrons. The van der Waals surface area contributed by atoms with Crippen molar-refractivity contribution >= 4 is 0 Å². The van der Waals surface area contributed by atoms with Crippen molar-refractivity contribution in [3.63, 3.8) is 0 Å². The van der Waals surface area contributed by atoms with Crippen molar-refractivity contribution in [3.05, 3.63) is 0 Å². The van der Waals surface area contributed by atoms with Gasteiger partial charge in [-0.15, -0.1) is 0 Å². The number of aliphatic hydroxyl groups excluding tert-OH is 1. The molecule has 3 atom stereocenters. The Hall–Kier alpha value is -0.0800. The Morgan fingerprint density at radius 2 is 1.67 bits per heavy atom. The Kier molecular flexibility index (Phi) is 5.97. The van der Waals surface area contributed by atoms with Crippen LogP contribution in [0.1, 0.15) is 71.1 Å². The Bertz CT molecular complexity index is 221. The molecule has 0 aromatic heterocycles. The molecule has 0 spiro atoms. The van der Waals surface area contributed by atoms with E-state index in [9.17, 15) is 5.11 Å². The van der Waals surface area contributed by atoms with Gasteiger partial charge in [0, 0.05) is 12.1 Å². The molecule has 106 valence electrons. The molecule has 0 aromatic rings. The summed E-state index contributed by atoms with van der Waals surface area (Å²) in [5.41, 5.74) is 0. The quantitative estimate of drug-likeness (QED) is 0.786. The minimum Gasteiger partial charge on any atom is -0.395 e. The van der Waals surface area contributed by atoms with Gasteiger partial charge < -0.3 is 10.4 Å². The van der Waals surface area contributed by atoms with Crippen LogP contribution in [0.15, 0.2) is 0 Å². The molecule has 2 aliphatic rings. The molecule has 2 aliphatic carbocycles. The second kappa shape index (κ2) is 7.49. The highest BCUT2D eigenvalue weighted by Gasteiger charge is 2.33. The Labute approximate surface area is 113 Å². The first-order chi connectivity index (χ1) is 8.85. The molecule has 2 N–H and O–H groups in total. The standard InChI is InChI=1S/C16H31NO/c1-2-14(12-18)17-16-11-7-6-10-15(16)13-8-4-3-5-9-13/h13-18H,2-12H2,1H3/t14-,15?,16?/m1/s1. The van der Waals surface area contributed by atoms with Crippen LogP contribution in [0, 0.1) is 11.8 Å². The van der Waals surface area contributed by atoms with Gasteiger partial charge in [0.15, 0.2) is 0 Å². The number of hydrogen-bond acceptors (Lipinski definition) is 2. The Morgan fingerprint density at radius 3 is 2.33 bits per heavy atom. The normalized spacial score (nSPS) is 32.3. The highest BCUT2D eigenvalue weighted by atomic mass is 16.3. The zero-order chi connectivity index (χ0) is 12.8. The third-order valence-corrected chi connectivity index (χ3v) is 5.24. The van der Waals surface area contributed by atoms with E-state index in [1.54, 1.807) is 0 Å². The first kappa shape index (κ1) is 14.3. The fourth-order valence-corrected chi connectivity index (χ4v) is 4.10. The predicted molar refractivity (Wildman–Crippen MR) is 76.6 cm³/mol. The molecule has 2 unspecified atom stereocenters. The van der Waals surface area contributed by atoms with Gasteiger partial charge in [0.25, 0.3) is 0 Å². The van der Waals surface area contributed by atoms with E-state index in [1.165, 1.54) is 57.8 Å². The van der Waals surface area contributed by atoms with Crippen LogP contribution in [0.2, 0.25) is 0 Å². The van der Waals surface area contributed by atoms with E-state index in [0.717, 1.165) is 18.3 Å². The minimum absolute atomic E-state index is 0.296. The molecular formula is C16H31NO. The topological polar surface area (TPSA) is 32.3 Å². The fourth-order valence-electron chi connectivity index (χ4n) is 4.10. The average molecular weight is 253 g/mol. The van der Waals surface area contributed by atoms with Crippen molar-refractivity contribution in [2.75, 3.05) is 6.61 Å². The summed E-state index contributed by atoms with van der Waals surface area (Å²) < 4.78 is 0. The third-order valence-electron chi connectivity index (χ3n) is 5.24. The van der Waals surface area contributed by atoms with Crippen molar-refractivity contribution in [3.8, 4) is 0 Å². The van der Waals surface area contributed by atoms with Gasteiger partial charge in [-0.25, -0.2) is 0 Å². The zero-order valence-electron chi connectivity index (χ0n) is 12.0. The van der Waals surface area contributed by atoms with Crippen LogP contribution in [0.5, 0.6) is 0 Å². The van der Waals surface area contributed by atoms with Gasteiger partial charge in [0.05, 0.1) is 6.61 Å². The van der Waals surface area contributed by atoms with E-state index in [-0.39, 0.29) is 0 Å². The molecule has 0 heterocycles. The van der Waals surface area contributed by atoms with Gasteiger partial charge >= 0.3 is 0 Å². The molecule has 2 saturated carbocycles. The fraction of sp³-hybridized carbons (Fsp3) is 1.00. The van der Waals surface area contributed by atoms with Crippen LogP contribution in [-0.2, 0) is 0 Å². The monoisotopic (exact) mass is 253 g/mol. The van der Waals surface area contributed by atoms with E-state index in [2.05, 4.69) is 12.2 Å². The van der Waals surface area contributed by atoms with Gasteiger partial charge in [-0.1, -0.05) is 51.9 Å². The van der Waals surface area contributed by atoms with E-state index < -0.39 is 0 Å². The largest absolute Gasteiger partial charge is 0.395 e. The Balaban J connectivity index is 1.91. The van der Waals surface area contributed by atoms with Crippen LogP contribution >= 0.6 is 0 Å². The SMILES string of the molecule is CC[C@H](CO)NC1CCCCC1C1CCCCC1. The van der Waals surface area contributed by atoms with E-state index in [4.69, 9.17) is 0 Å². The molecule has 0 aliphatic heterocycles. The van der Waals surface area contributed by atoms with Crippen molar-refractivity contribution in [1.29, 1.82) is 0 Å². The zero-order valence-corrected chi connectivity index (χ0v) is 12.0. The highest BCUT2D eigenvalue weighted by Crippen LogP contribution is 2.38. The van der Waals surface area contributed by atoms with Gasteiger partial charge in [-0.2, -0.15) is 0 Å². The molecular weight excluding hydrogens is 222 g/mol. The molecule has 0 saturated heterocycles. The number of rotatable bonds is 5.